The summed E-state index contributed by atoms with van der Waals surface area (Å²) in [5.74, 6) is -0.219. The van der Waals surface area contributed by atoms with Crippen LogP contribution in [0.4, 0.5) is 0 Å². The van der Waals surface area contributed by atoms with E-state index in [4.69, 9.17) is 24.2 Å². The van der Waals surface area contributed by atoms with Gasteiger partial charge >= 0.3 is 5.97 Å². The molecule has 1 atom stereocenters. The number of hydrogen-bond acceptors (Lipinski definition) is 7. The second-order valence-electron chi connectivity index (χ2n) is 7.50. The van der Waals surface area contributed by atoms with Crippen LogP contribution in [0.15, 0.2) is 0 Å². The molecule has 156 valence electrons. The Hall–Kier alpha value is -1.20. The average Bonchev–Trinajstić information content (AvgIpc) is 2.67. The Morgan fingerprint density at radius 2 is 1.78 bits per heavy atom. The van der Waals surface area contributed by atoms with Crippen LogP contribution >= 0.6 is 0 Å². The molecule has 0 aromatic heterocycles. The van der Waals surface area contributed by atoms with Crippen LogP contribution in [-0.2, 0) is 23.7 Å². The molecule has 1 aliphatic carbocycles. The number of carbonyl (C=O) groups excluding carboxylic acids is 1. The van der Waals surface area contributed by atoms with Crippen molar-refractivity contribution >= 4 is 5.97 Å². The van der Waals surface area contributed by atoms with E-state index in [0.717, 1.165) is 45.1 Å². The van der Waals surface area contributed by atoms with Crippen molar-refractivity contribution in [2.75, 3.05) is 26.9 Å². The van der Waals surface area contributed by atoms with Crippen molar-refractivity contribution in [3.63, 3.8) is 0 Å². The number of carbonyl (C=O) groups is 1. The van der Waals surface area contributed by atoms with E-state index in [2.05, 4.69) is 5.32 Å². The second kappa shape index (κ2) is 13.1. The van der Waals surface area contributed by atoms with E-state index in [9.17, 15) is 4.79 Å². The fourth-order valence-electron chi connectivity index (χ4n) is 3.44. The predicted molar refractivity (Wildman–Crippen MR) is 102 cm³/mol. The summed E-state index contributed by atoms with van der Waals surface area (Å²) < 4.78 is 22.0. The standard InChI is InChI=1S/C18H33NO5.C2H3N/c1-18(2,17(20)21-3)19-14-7-9-15(10-8-14)22-12-13-24-16-6-4-5-11-23-16;1-2-3/h14-16,19H,4-13H2,1-3H3;1H3. The minimum absolute atomic E-state index is 0.0390. The van der Waals surface area contributed by atoms with Gasteiger partial charge in [0.05, 0.1) is 32.5 Å². The van der Waals surface area contributed by atoms with Gasteiger partial charge in [0.15, 0.2) is 6.29 Å². The first-order valence-electron chi connectivity index (χ1n) is 9.94. The lowest BCUT2D eigenvalue weighted by molar-refractivity contribution is -0.172. The highest BCUT2D eigenvalue weighted by Gasteiger charge is 2.33. The van der Waals surface area contributed by atoms with Crippen LogP contribution in [0.3, 0.4) is 0 Å². The molecule has 1 aliphatic heterocycles. The maximum atomic E-state index is 11.7. The highest BCUT2D eigenvalue weighted by molar-refractivity contribution is 5.79. The zero-order chi connectivity index (χ0) is 20.1. The van der Waals surface area contributed by atoms with Crippen molar-refractivity contribution in [3.8, 4) is 6.07 Å². The molecule has 7 heteroatoms. The molecule has 0 spiro atoms. The number of methoxy groups -OCH3 is 1. The van der Waals surface area contributed by atoms with Crippen LogP contribution in [0, 0.1) is 11.3 Å². The number of nitriles is 1. The molecule has 1 saturated heterocycles. The summed E-state index contributed by atoms with van der Waals surface area (Å²) in [6, 6.07) is 2.09. The Balaban J connectivity index is 0.00000114. The summed E-state index contributed by atoms with van der Waals surface area (Å²) in [5.41, 5.74) is -0.638. The van der Waals surface area contributed by atoms with Crippen molar-refractivity contribution in [3.05, 3.63) is 0 Å². The lowest BCUT2D eigenvalue weighted by atomic mass is 9.90. The Morgan fingerprint density at radius 3 is 2.33 bits per heavy atom. The summed E-state index contributed by atoms with van der Waals surface area (Å²) in [6.45, 7) is 7.19. The number of esters is 1. The Kier molecular flexibility index (Phi) is 11.5. The van der Waals surface area contributed by atoms with Crippen LogP contribution in [0.1, 0.15) is 65.7 Å². The summed E-state index contributed by atoms with van der Waals surface area (Å²) >= 11 is 0. The number of nitrogens with one attached hydrogen (secondary N) is 1. The Labute approximate surface area is 163 Å². The first-order chi connectivity index (χ1) is 12.9. The van der Waals surface area contributed by atoms with Crippen molar-refractivity contribution in [2.24, 2.45) is 0 Å². The van der Waals surface area contributed by atoms with Crippen LogP contribution in [0.5, 0.6) is 0 Å². The molecule has 7 nitrogen and oxygen atoms in total. The largest absolute Gasteiger partial charge is 0.468 e. The number of nitrogens with zero attached hydrogens (tertiary/aromatic N) is 1. The first-order valence-corrected chi connectivity index (χ1v) is 9.94. The number of hydrogen-bond donors (Lipinski definition) is 1. The van der Waals surface area contributed by atoms with Gasteiger partial charge < -0.3 is 18.9 Å². The van der Waals surface area contributed by atoms with Gasteiger partial charge in [0.25, 0.3) is 0 Å². The molecule has 2 aliphatic rings. The van der Waals surface area contributed by atoms with Gasteiger partial charge in [0.2, 0.25) is 0 Å². The third-order valence-corrected chi connectivity index (χ3v) is 4.81. The lowest BCUT2D eigenvalue weighted by Crippen LogP contribution is -2.53. The predicted octanol–water partition coefficient (Wildman–Crippen LogP) is 2.93. The van der Waals surface area contributed by atoms with Gasteiger partial charge in [-0.2, -0.15) is 5.26 Å². The number of rotatable bonds is 8. The van der Waals surface area contributed by atoms with Gasteiger partial charge in [-0.3, -0.25) is 10.1 Å². The molecule has 2 fully saturated rings. The summed E-state index contributed by atoms with van der Waals surface area (Å²) in [6.07, 6.45) is 7.61. The zero-order valence-electron chi connectivity index (χ0n) is 17.3. The van der Waals surface area contributed by atoms with Crippen molar-refractivity contribution in [1.82, 2.24) is 5.32 Å². The van der Waals surface area contributed by atoms with Gasteiger partial charge in [-0.25, -0.2) is 0 Å². The fourth-order valence-corrected chi connectivity index (χ4v) is 3.44. The first kappa shape index (κ1) is 23.8. The molecule has 1 unspecified atom stereocenters. The smallest absolute Gasteiger partial charge is 0.325 e. The summed E-state index contributed by atoms with van der Waals surface area (Å²) in [5, 5.41) is 10.7. The Morgan fingerprint density at radius 1 is 1.15 bits per heavy atom. The topological polar surface area (TPSA) is 89.8 Å². The zero-order valence-corrected chi connectivity index (χ0v) is 17.3. The SMILES string of the molecule is CC#N.COC(=O)C(C)(C)NC1CCC(OCCOC2CCCCO2)CC1. The molecule has 27 heavy (non-hydrogen) atoms. The fraction of sp³-hybridized carbons (Fsp3) is 0.900. The molecule has 1 N–H and O–H groups in total. The number of ether oxygens (including phenoxy) is 4. The molecule has 2 rings (SSSR count). The summed E-state index contributed by atoms with van der Waals surface area (Å²) in [4.78, 5) is 11.7. The third kappa shape index (κ3) is 9.52. The van der Waals surface area contributed by atoms with E-state index < -0.39 is 5.54 Å². The lowest BCUT2D eigenvalue weighted by Gasteiger charge is -2.34. The van der Waals surface area contributed by atoms with Crippen molar-refractivity contribution < 1.29 is 23.7 Å². The molecule has 0 radical (unpaired) electrons. The maximum absolute atomic E-state index is 11.7. The molecular weight excluding hydrogens is 348 g/mol. The monoisotopic (exact) mass is 384 g/mol. The van der Waals surface area contributed by atoms with Crippen LogP contribution in [-0.4, -0.2) is 56.9 Å². The van der Waals surface area contributed by atoms with E-state index in [-0.39, 0.29) is 12.3 Å². The molecule has 0 amide bonds. The van der Waals surface area contributed by atoms with E-state index in [1.165, 1.54) is 20.5 Å². The van der Waals surface area contributed by atoms with E-state index in [1.54, 1.807) is 6.07 Å². The normalized spacial score (nSPS) is 25.7. The second-order valence-corrected chi connectivity index (χ2v) is 7.50. The van der Waals surface area contributed by atoms with Crippen LogP contribution in [0.25, 0.3) is 0 Å². The average molecular weight is 385 g/mol. The van der Waals surface area contributed by atoms with Gasteiger partial charge in [-0.05, 0) is 58.8 Å². The van der Waals surface area contributed by atoms with Crippen LogP contribution in [0.2, 0.25) is 0 Å². The molecule has 0 bridgehead atoms. The maximum Gasteiger partial charge on any atom is 0.325 e. The van der Waals surface area contributed by atoms with Gasteiger partial charge in [0.1, 0.15) is 5.54 Å². The quantitative estimate of drug-likeness (QED) is 0.508. The van der Waals surface area contributed by atoms with E-state index in [0.29, 0.717) is 25.4 Å². The molecule has 0 aromatic rings. The summed E-state index contributed by atoms with van der Waals surface area (Å²) in [7, 11) is 1.43. The van der Waals surface area contributed by atoms with Gasteiger partial charge in [-0.15, -0.1) is 0 Å². The minimum atomic E-state index is -0.638. The van der Waals surface area contributed by atoms with Gasteiger partial charge in [-0.1, -0.05) is 0 Å². The van der Waals surface area contributed by atoms with Crippen molar-refractivity contribution in [1.29, 1.82) is 5.26 Å². The molecule has 1 saturated carbocycles. The van der Waals surface area contributed by atoms with Gasteiger partial charge in [0, 0.05) is 19.6 Å². The minimum Gasteiger partial charge on any atom is -0.468 e. The van der Waals surface area contributed by atoms with E-state index in [1.807, 2.05) is 13.8 Å². The molecule has 0 aromatic carbocycles. The van der Waals surface area contributed by atoms with Crippen LogP contribution < -0.4 is 5.32 Å². The van der Waals surface area contributed by atoms with Crippen molar-refractivity contribution in [2.45, 2.75) is 89.7 Å². The Bertz CT molecular complexity index is 450. The van der Waals surface area contributed by atoms with E-state index >= 15 is 0 Å². The molecular formula is C20H36N2O5. The highest BCUT2D eigenvalue weighted by atomic mass is 16.7. The molecule has 1 heterocycles. The highest BCUT2D eigenvalue weighted by Crippen LogP contribution is 2.23. The third-order valence-electron chi connectivity index (χ3n) is 4.81.